The number of aryl methyl sites for hydroxylation is 1. The first-order valence-corrected chi connectivity index (χ1v) is 9.39. The molecule has 2 rings (SSSR count). The van der Waals surface area contributed by atoms with Crippen LogP contribution in [0, 0.1) is 6.92 Å². The molecule has 0 aliphatic carbocycles. The number of unbranched alkanes of at least 4 members (excludes halogenated alkanes) is 4. The minimum atomic E-state index is -0.184. The van der Waals surface area contributed by atoms with Crippen LogP contribution in [0.2, 0.25) is 0 Å². The zero-order valence-electron chi connectivity index (χ0n) is 15.8. The van der Waals surface area contributed by atoms with E-state index in [1.54, 1.807) is 0 Å². The summed E-state index contributed by atoms with van der Waals surface area (Å²) in [5.74, 6) is 1.22. The van der Waals surface area contributed by atoms with Gasteiger partial charge in [0.05, 0.1) is 6.61 Å². The highest BCUT2D eigenvalue weighted by molar-refractivity contribution is 5.91. The van der Waals surface area contributed by atoms with E-state index < -0.39 is 0 Å². The molecule has 0 atom stereocenters. The van der Waals surface area contributed by atoms with E-state index in [4.69, 9.17) is 9.47 Å². The van der Waals surface area contributed by atoms with Crippen LogP contribution in [0.25, 0.3) is 0 Å². The molecule has 4 nitrogen and oxygen atoms in total. The second-order valence-electron chi connectivity index (χ2n) is 6.44. The SMILES string of the molecule is CCCCCCCOc1cccc(OCC(=O)Nc2ccc(C)cc2)c1. The number of benzene rings is 2. The maximum atomic E-state index is 12.0. The van der Waals surface area contributed by atoms with Crippen LogP contribution in [-0.2, 0) is 4.79 Å². The van der Waals surface area contributed by atoms with E-state index in [0.29, 0.717) is 12.4 Å². The molecule has 0 saturated carbocycles. The van der Waals surface area contributed by atoms with Crippen LogP contribution in [0.4, 0.5) is 5.69 Å². The van der Waals surface area contributed by atoms with Gasteiger partial charge in [0.2, 0.25) is 0 Å². The van der Waals surface area contributed by atoms with Gasteiger partial charge in [0.1, 0.15) is 11.5 Å². The number of ether oxygens (including phenoxy) is 2. The number of hydrogen-bond donors (Lipinski definition) is 1. The topological polar surface area (TPSA) is 47.6 Å². The highest BCUT2D eigenvalue weighted by Crippen LogP contribution is 2.20. The lowest BCUT2D eigenvalue weighted by Crippen LogP contribution is -2.20. The molecule has 0 bridgehead atoms. The first-order valence-electron chi connectivity index (χ1n) is 9.39. The van der Waals surface area contributed by atoms with Crippen molar-refractivity contribution in [3.05, 3.63) is 54.1 Å². The Bertz CT molecular complexity index is 667. The summed E-state index contributed by atoms with van der Waals surface area (Å²) in [6.07, 6.45) is 6.05. The van der Waals surface area contributed by atoms with Crippen molar-refractivity contribution in [2.75, 3.05) is 18.5 Å². The predicted octanol–water partition coefficient (Wildman–Crippen LogP) is 5.36. The van der Waals surface area contributed by atoms with Gasteiger partial charge in [-0.05, 0) is 37.6 Å². The third-order valence-electron chi connectivity index (χ3n) is 4.03. The Morgan fingerprint density at radius 3 is 2.35 bits per heavy atom. The number of amides is 1. The molecular weight excluding hydrogens is 326 g/mol. The van der Waals surface area contributed by atoms with Gasteiger partial charge in [-0.2, -0.15) is 0 Å². The Hall–Kier alpha value is -2.49. The summed E-state index contributed by atoms with van der Waals surface area (Å²) in [5.41, 5.74) is 1.92. The zero-order chi connectivity index (χ0) is 18.6. The number of carbonyl (C=O) groups excluding carboxylic acids is 1. The zero-order valence-corrected chi connectivity index (χ0v) is 15.8. The van der Waals surface area contributed by atoms with E-state index >= 15 is 0 Å². The summed E-state index contributed by atoms with van der Waals surface area (Å²) < 4.78 is 11.3. The summed E-state index contributed by atoms with van der Waals surface area (Å²) in [6.45, 7) is 4.90. The van der Waals surface area contributed by atoms with Crippen LogP contribution in [0.1, 0.15) is 44.6 Å². The molecule has 0 aliphatic heterocycles. The lowest BCUT2D eigenvalue weighted by Gasteiger charge is -2.10. The first-order chi connectivity index (χ1) is 12.7. The standard InChI is InChI=1S/C22H29NO3/c1-3-4-5-6-7-15-25-20-9-8-10-21(16-20)26-17-22(24)23-19-13-11-18(2)12-14-19/h8-14,16H,3-7,15,17H2,1-2H3,(H,23,24). The van der Waals surface area contributed by atoms with Crippen LogP contribution >= 0.6 is 0 Å². The van der Waals surface area contributed by atoms with Crippen LogP contribution in [0.15, 0.2) is 48.5 Å². The number of hydrogen-bond acceptors (Lipinski definition) is 3. The van der Waals surface area contributed by atoms with Crippen molar-refractivity contribution in [2.45, 2.75) is 46.0 Å². The van der Waals surface area contributed by atoms with Gasteiger partial charge in [-0.3, -0.25) is 4.79 Å². The molecule has 0 unspecified atom stereocenters. The van der Waals surface area contributed by atoms with Gasteiger partial charge in [0.25, 0.3) is 5.91 Å². The lowest BCUT2D eigenvalue weighted by atomic mass is 10.2. The molecule has 140 valence electrons. The number of anilines is 1. The third-order valence-corrected chi connectivity index (χ3v) is 4.03. The summed E-state index contributed by atoms with van der Waals surface area (Å²) in [5, 5.41) is 2.82. The van der Waals surface area contributed by atoms with Gasteiger partial charge in [-0.15, -0.1) is 0 Å². The lowest BCUT2D eigenvalue weighted by molar-refractivity contribution is -0.118. The van der Waals surface area contributed by atoms with E-state index in [1.807, 2.05) is 55.5 Å². The molecule has 0 radical (unpaired) electrons. The molecule has 0 spiro atoms. The molecule has 4 heteroatoms. The Kier molecular flexibility index (Phi) is 8.53. The fourth-order valence-corrected chi connectivity index (χ4v) is 2.53. The normalized spacial score (nSPS) is 10.4. The maximum Gasteiger partial charge on any atom is 0.262 e. The van der Waals surface area contributed by atoms with Crippen molar-refractivity contribution < 1.29 is 14.3 Å². The van der Waals surface area contributed by atoms with Crippen molar-refractivity contribution in [1.82, 2.24) is 0 Å². The molecule has 2 aromatic carbocycles. The van der Waals surface area contributed by atoms with Crippen LogP contribution < -0.4 is 14.8 Å². The highest BCUT2D eigenvalue weighted by atomic mass is 16.5. The average molecular weight is 355 g/mol. The van der Waals surface area contributed by atoms with Crippen molar-refractivity contribution in [3.8, 4) is 11.5 Å². The van der Waals surface area contributed by atoms with Crippen LogP contribution in [0.3, 0.4) is 0 Å². The third kappa shape index (κ3) is 7.60. The fraction of sp³-hybridized carbons (Fsp3) is 0.409. The van der Waals surface area contributed by atoms with Gasteiger partial charge in [0.15, 0.2) is 6.61 Å². The molecule has 0 saturated heterocycles. The fourth-order valence-electron chi connectivity index (χ4n) is 2.53. The van der Waals surface area contributed by atoms with Crippen molar-refractivity contribution in [2.24, 2.45) is 0 Å². The Balaban J connectivity index is 1.71. The van der Waals surface area contributed by atoms with Crippen molar-refractivity contribution >= 4 is 11.6 Å². The molecule has 1 amide bonds. The molecule has 26 heavy (non-hydrogen) atoms. The predicted molar refractivity (Wildman–Crippen MR) is 106 cm³/mol. The van der Waals surface area contributed by atoms with E-state index in [0.717, 1.165) is 23.4 Å². The van der Waals surface area contributed by atoms with E-state index in [2.05, 4.69) is 12.2 Å². The average Bonchev–Trinajstić information content (AvgIpc) is 2.65. The van der Waals surface area contributed by atoms with E-state index in [-0.39, 0.29) is 12.5 Å². The van der Waals surface area contributed by atoms with Crippen LogP contribution in [0.5, 0.6) is 11.5 Å². The Morgan fingerprint density at radius 1 is 0.923 bits per heavy atom. The highest BCUT2D eigenvalue weighted by Gasteiger charge is 2.05. The Labute approximate surface area is 156 Å². The van der Waals surface area contributed by atoms with Gasteiger partial charge in [0, 0.05) is 11.8 Å². The van der Waals surface area contributed by atoms with E-state index in [9.17, 15) is 4.79 Å². The summed E-state index contributed by atoms with van der Waals surface area (Å²) >= 11 is 0. The molecule has 0 aliphatic rings. The first kappa shape index (κ1) is 19.8. The number of rotatable bonds is 11. The summed E-state index contributed by atoms with van der Waals surface area (Å²) in [4.78, 5) is 12.0. The molecule has 1 N–H and O–H groups in total. The summed E-state index contributed by atoms with van der Waals surface area (Å²) in [6, 6.07) is 15.1. The van der Waals surface area contributed by atoms with Gasteiger partial charge >= 0.3 is 0 Å². The van der Waals surface area contributed by atoms with Crippen LogP contribution in [-0.4, -0.2) is 19.1 Å². The minimum Gasteiger partial charge on any atom is -0.493 e. The maximum absolute atomic E-state index is 12.0. The second-order valence-corrected chi connectivity index (χ2v) is 6.44. The second kappa shape index (κ2) is 11.2. The largest absolute Gasteiger partial charge is 0.493 e. The number of carbonyl (C=O) groups is 1. The van der Waals surface area contributed by atoms with E-state index in [1.165, 1.54) is 25.7 Å². The Morgan fingerprint density at radius 2 is 1.62 bits per heavy atom. The summed E-state index contributed by atoms with van der Waals surface area (Å²) in [7, 11) is 0. The molecule has 0 fully saturated rings. The van der Waals surface area contributed by atoms with Gasteiger partial charge < -0.3 is 14.8 Å². The molecule has 2 aromatic rings. The molecular formula is C22H29NO3. The smallest absolute Gasteiger partial charge is 0.262 e. The molecule has 0 heterocycles. The minimum absolute atomic E-state index is 0.0334. The van der Waals surface area contributed by atoms with Crippen molar-refractivity contribution in [3.63, 3.8) is 0 Å². The van der Waals surface area contributed by atoms with Gasteiger partial charge in [-0.25, -0.2) is 0 Å². The number of nitrogens with one attached hydrogen (secondary N) is 1. The van der Waals surface area contributed by atoms with Crippen molar-refractivity contribution in [1.29, 1.82) is 0 Å². The quantitative estimate of drug-likeness (QED) is 0.552. The molecule has 0 aromatic heterocycles. The monoisotopic (exact) mass is 355 g/mol. The van der Waals surface area contributed by atoms with Gasteiger partial charge in [-0.1, -0.05) is 56.4 Å².